The fraction of sp³-hybridized carbons (Fsp3) is 1.00. The van der Waals surface area contributed by atoms with Crippen LogP contribution in [0.2, 0.25) is 0 Å². The molecule has 0 heterocycles. The second-order valence-corrected chi connectivity index (χ2v) is 2.32. The molecule has 0 N–H and O–H groups in total. The summed E-state index contributed by atoms with van der Waals surface area (Å²) in [5, 5.41) is 10.1. The molecule has 0 saturated heterocycles. The molecule has 0 aliphatic heterocycles. The van der Waals surface area contributed by atoms with E-state index < -0.39 is 0 Å². The fourth-order valence-electron chi connectivity index (χ4n) is 1.18. The highest BCUT2D eigenvalue weighted by molar-refractivity contribution is 4.64. The van der Waals surface area contributed by atoms with Gasteiger partial charge in [0, 0.05) is 0 Å². The SMILES string of the molecule is [O]CC1CCCC1. The fourth-order valence-corrected chi connectivity index (χ4v) is 1.18. The minimum Gasteiger partial charge on any atom is -0.236 e. The zero-order valence-corrected chi connectivity index (χ0v) is 4.52. The van der Waals surface area contributed by atoms with Crippen molar-refractivity contribution in [1.29, 1.82) is 0 Å². The minimum absolute atomic E-state index is 0.167. The normalized spacial score (nSPS) is 23.6. The van der Waals surface area contributed by atoms with E-state index in [-0.39, 0.29) is 6.61 Å². The van der Waals surface area contributed by atoms with Gasteiger partial charge in [-0.1, -0.05) is 12.8 Å². The molecule has 1 fully saturated rings. The second kappa shape index (κ2) is 2.31. The van der Waals surface area contributed by atoms with Crippen LogP contribution in [0.3, 0.4) is 0 Å². The van der Waals surface area contributed by atoms with Gasteiger partial charge in [0.25, 0.3) is 0 Å². The maximum absolute atomic E-state index is 10.1. The van der Waals surface area contributed by atoms with Crippen LogP contribution in [-0.4, -0.2) is 6.61 Å². The van der Waals surface area contributed by atoms with Gasteiger partial charge in [0.1, 0.15) is 0 Å². The van der Waals surface area contributed by atoms with E-state index in [9.17, 15) is 5.11 Å². The van der Waals surface area contributed by atoms with Gasteiger partial charge in [-0.3, -0.25) is 0 Å². The first-order valence-electron chi connectivity index (χ1n) is 3.01. The molecule has 0 bridgehead atoms. The Labute approximate surface area is 44.4 Å². The van der Waals surface area contributed by atoms with Crippen LogP contribution in [0, 0.1) is 5.92 Å². The van der Waals surface area contributed by atoms with Crippen LogP contribution in [0.1, 0.15) is 25.7 Å². The van der Waals surface area contributed by atoms with Crippen molar-refractivity contribution in [1.82, 2.24) is 0 Å². The third kappa shape index (κ3) is 1.16. The molecule has 1 rings (SSSR count). The largest absolute Gasteiger partial charge is 0.236 e. The molecule has 0 atom stereocenters. The van der Waals surface area contributed by atoms with Crippen LogP contribution in [-0.2, 0) is 5.11 Å². The van der Waals surface area contributed by atoms with Crippen LogP contribution in [0.5, 0.6) is 0 Å². The topological polar surface area (TPSA) is 19.9 Å². The summed E-state index contributed by atoms with van der Waals surface area (Å²) in [5.41, 5.74) is 0. The minimum atomic E-state index is 0.167. The first kappa shape index (κ1) is 5.10. The lowest BCUT2D eigenvalue weighted by atomic mass is 10.1. The van der Waals surface area contributed by atoms with Crippen LogP contribution < -0.4 is 0 Å². The maximum atomic E-state index is 10.1. The molecule has 1 aliphatic carbocycles. The Bertz CT molecular complexity index is 46.1. The zero-order valence-electron chi connectivity index (χ0n) is 4.52. The van der Waals surface area contributed by atoms with Crippen molar-refractivity contribution in [2.75, 3.05) is 6.61 Å². The lowest BCUT2D eigenvalue weighted by molar-refractivity contribution is 0.146. The third-order valence-corrected chi connectivity index (χ3v) is 1.71. The van der Waals surface area contributed by atoms with Gasteiger partial charge in [0.15, 0.2) is 0 Å². The van der Waals surface area contributed by atoms with Gasteiger partial charge in [-0.05, 0) is 18.8 Å². The van der Waals surface area contributed by atoms with Crippen molar-refractivity contribution in [2.45, 2.75) is 25.7 Å². The molecule has 41 valence electrons. The Kier molecular flexibility index (Phi) is 1.69. The van der Waals surface area contributed by atoms with Crippen LogP contribution >= 0.6 is 0 Å². The lowest BCUT2D eigenvalue weighted by Gasteiger charge is -1.96. The van der Waals surface area contributed by atoms with E-state index >= 15 is 0 Å². The summed E-state index contributed by atoms with van der Waals surface area (Å²) in [7, 11) is 0. The molecule has 0 amide bonds. The molecule has 1 aliphatic rings. The highest BCUT2D eigenvalue weighted by Gasteiger charge is 2.13. The average molecular weight is 99.2 g/mol. The lowest BCUT2D eigenvalue weighted by Crippen LogP contribution is -1.95. The predicted octanol–water partition coefficient (Wildman–Crippen LogP) is 1.61. The summed E-state index contributed by atoms with van der Waals surface area (Å²) >= 11 is 0. The van der Waals surface area contributed by atoms with E-state index in [4.69, 9.17) is 0 Å². The third-order valence-electron chi connectivity index (χ3n) is 1.71. The molecule has 0 aromatic heterocycles. The van der Waals surface area contributed by atoms with Crippen molar-refractivity contribution in [3.8, 4) is 0 Å². The van der Waals surface area contributed by atoms with Crippen LogP contribution in [0.4, 0.5) is 0 Å². The molecule has 7 heavy (non-hydrogen) atoms. The summed E-state index contributed by atoms with van der Waals surface area (Å²) < 4.78 is 0. The van der Waals surface area contributed by atoms with Crippen molar-refractivity contribution in [2.24, 2.45) is 5.92 Å². The van der Waals surface area contributed by atoms with Gasteiger partial charge in [0.2, 0.25) is 0 Å². The van der Waals surface area contributed by atoms with Crippen LogP contribution in [0.25, 0.3) is 0 Å². The molecule has 1 radical (unpaired) electrons. The summed E-state index contributed by atoms with van der Waals surface area (Å²) in [6, 6.07) is 0. The van der Waals surface area contributed by atoms with Gasteiger partial charge in [-0.25, -0.2) is 5.11 Å². The molecule has 0 aromatic rings. The van der Waals surface area contributed by atoms with E-state index in [0.29, 0.717) is 5.92 Å². The predicted molar refractivity (Wildman–Crippen MR) is 27.5 cm³/mol. The Morgan fingerprint density at radius 2 is 1.86 bits per heavy atom. The Balaban J connectivity index is 2.14. The van der Waals surface area contributed by atoms with Crippen molar-refractivity contribution < 1.29 is 5.11 Å². The van der Waals surface area contributed by atoms with Crippen molar-refractivity contribution in [3.05, 3.63) is 0 Å². The van der Waals surface area contributed by atoms with E-state index in [2.05, 4.69) is 0 Å². The van der Waals surface area contributed by atoms with E-state index in [1.807, 2.05) is 0 Å². The Morgan fingerprint density at radius 1 is 1.29 bits per heavy atom. The standard InChI is InChI=1S/C6H11O/c7-5-6-3-1-2-4-6/h6H,1-5H2. The van der Waals surface area contributed by atoms with Crippen molar-refractivity contribution >= 4 is 0 Å². The summed E-state index contributed by atoms with van der Waals surface area (Å²) in [6.45, 7) is 0.167. The Hall–Kier alpha value is -0.0400. The second-order valence-electron chi connectivity index (χ2n) is 2.32. The van der Waals surface area contributed by atoms with E-state index in [1.54, 1.807) is 0 Å². The first-order valence-corrected chi connectivity index (χ1v) is 3.01. The quantitative estimate of drug-likeness (QED) is 0.476. The molecule has 1 saturated carbocycles. The monoisotopic (exact) mass is 99.1 g/mol. The Morgan fingerprint density at radius 3 is 2.14 bits per heavy atom. The molecule has 1 nitrogen and oxygen atoms in total. The zero-order chi connectivity index (χ0) is 5.11. The number of hydrogen-bond acceptors (Lipinski definition) is 0. The molecular weight excluding hydrogens is 88.1 g/mol. The molecule has 0 spiro atoms. The maximum Gasteiger partial charge on any atom is 0.0850 e. The summed E-state index contributed by atoms with van der Waals surface area (Å²) in [6.07, 6.45) is 4.99. The van der Waals surface area contributed by atoms with Crippen LogP contribution in [0.15, 0.2) is 0 Å². The summed E-state index contributed by atoms with van der Waals surface area (Å²) in [4.78, 5) is 0. The molecule has 0 aromatic carbocycles. The highest BCUT2D eigenvalue weighted by atomic mass is 16.3. The number of hydrogen-bond donors (Lipinski definition) is 0. The van der Waals surface area contributed by atoms with Gasteiger partial charge >= 0.3 is 0 Å². The summed E-state index contributed by atoms with van der Waals surface area (Å²) in [5.74, 6) is 0.542. The van der Waals surface area contributed by atoms with E-state index in [0.717, 1.165) is 0 Å². The van der Waals surface area contributed by atoms with Gasteiger partial charge in [-0.15, -0.1) is 0 Å². The van der Waals surface area contributed by atoms with Gasteiger partial charge in [0.05, 0.1) is 6.61 Å². The molecule has 0 unspecified atom stereocenters. The molecule has 1 heteroatoms. The van der Waals surface area contributed by atoms with Gasteiger partial charge in [-0.2, -0.15) is 0 Å². The smallest absolute Gasteiger partial charge is 0.0850 e. The van der Waals surface area contributed by atoms with E-state index in [1.165, 1.54) is 25.7 Å². The molecular formula is C6H11O. The van der Waals surface area contributed by atoms with Crippen molar-refractivity contribution in [3.63, 3.8) is 0 Å². The first-order chi connectivity index (χ1) is 3.43. The number of rotatable bonds is 1. The highest BCUT2D eigenvalue weighted by Crippen LogP contribution is 2.23. The average Bonchev–Trinajstić information content (AvgIpc) is 2.14. The van der Waals surface area contributed by atoms with Gasteiger partial charge < -0.3 is 0 Å².